The number of hydrogen-bond donors (Lipinski definition) is 2. The van der Waals surface area contributed by atoms with Crippen LogP contribution >= 0.6 is 12.2 Å². The Bertz CT molecular complexity index is 824. The average molecular weight is 373 g/mol. The van der Waals surface area contributed by atoms with E-state index in [4.69, 9.17) is 32.2 Å². The molecule has 0 radical (unpaired) electrons. The third-order valence-corrected chi connectivity index (χ3v) is 3.46. The Kier molecular flexibility index (Phi) is 6.92. The molecule has 0 bridgehead atoms. The van der Waals surface area contributed by atoms with Gasteiger partial charge in [0.1, 0.15) is 23.7 Å². The largest absolute Gasteiger partial charge is 0.496 e. The number of nitrogens with one attached hydrogen (secondary N) is 1. The maximum atomic E-state index is 11.8. The lowest BCUT2D eigenvalue weighted by Crippen LogP contribution is -2.24. The van der Waals surface area contributed by atoms with Crippen molar-refractivity contribution < 1.29 is 19.0 Å². The average Bonchev–Trinajstić information content (AvgIpc) is 2.65. The Morgan fingerprint density at radius 1 is 1.23 bits per heavy atom. The molecule has 0 saturated carbocycles. The summed E-state index contributed by atoms with van der Waals surface area (Å²) in [4.78, 5) is 11.8. The number of para-hydroxylation sites is 1. The first-order valence-corrected chi connectivity index (χ1v) is 8.01. The zero-order valence-electron chi connectivity index (χ0n) is 14.4. The number of hydrazone groups is 1. The number of esters is 1. The normalized spacial score (nSPS) is 10.4. The fraction of sp³-hybridized carbons (Fsp3) is 0.167. The first-order valence-electron chi connectivity index (χ1n) is 7.60. The van der Waals surface area contributed by atoms with Crippen molar-refractivity contribution in [2.24, 2.45) is 10.8 Å². The van der Waals surface area contributed by atoms with Crippen LogP contribution in [0.15, 0.2) is 47.6 Å². The third kappa shape index (κ3) is 5.18. The smallest absolute Gasteiger partial charge is 0.341 e. The second-order valence-corrected chi connectivity index (χ2v) is 5.52. The number of carbonyl (C=O) groups is 1. The number of thiocarbonyl (C=S) groups is 1. The standard InChI is InChI=1S/C18H19N3O4S/c1-23-15-8-7-12(10-20-21-18(19)26)9-13(15)11-25-16-6-4-3-5-14(16)17(22)24-2/h3-10H,11H2,1-2H3,(H3,19,21,26). The van der Waals surface area contributed by atoms with Crippen molar-refractivity contribution in [2.45, 2.75) is 6.61 Å². The van der Waals surface area contributed by atoms with Crippen LogP contribution in [0.4, 0.5) is 0 Å². The summed E-state index contributed by atoms with van der Waals surface area (Å²) < 4.78 is 15.9. The van der Waals surface area contributed by atoms with Crippen LogP contribution in [0.1, 0.15) is 21.5 Å². The Morgan fingerprint density at radius 2 is 2.00 bits per heavy atom. The topological polar surface area (TPSA) is 95.2 Å². The second kappa shape index (κ2) is 9.38. The van der Waals surface area contributed by atoms with Gasteiger partial charge in [0.2, 0.25) is 0 Å². The lowest BCUT2D eigenvalue weighted by atomic mass is 10.1. The van der Waals surface area contributed by atoms with Crippen LogP contribution in [0.3, 0.4) is 0 Å². The van der Waals surface area contributed by atoms with Crippen molar-refractivity contribution in [1.82, 2.24) is 5.43 Å². The minimum Gasteiger partial charge on any atom is -0.496 e. The molecular formula is C18H19N3O4S. The summed E-state index contributed by atoms with van der Waals surface area (Å²) in [6.45, 7) is 0.196. The van der Waals surface area contributed by atoms with E-state index in [1.165, 1.54) is 7.11 Å². The highest BCUT2D eigenvalue weighted by molar-refractivity contribution is 7.80. The molecule has 0 fully saturated rings. The van der Waals surface area contributed by atoms with E-state index in [0.29, 0.717) is 17.1 Å². The van der Waals surface area contributed by atoms with Crippen LogP contribution in [0.2, 0.25) is 0 Å². The van der Waals surface area contributed by atoms with Crippen molar-refractivity contribution in [2.75, 3.05) is 14.2 Å². The number of carbonyl (C=O) groups excluding carboxylic acids is 1. The van der Waals surface area contributed by atoms with Gasteiger partial charge < -0.3 is 19.9 Å². The number of benzene rings is 2. The Labute approximate surface area is 156 Å². The van der Waals surface area contributed by atoms with Gasteiger partial charge in [0.15, 0.2) is 5.11 Å². The Morgan fingerprint density at radius 3 is 2.69 bits per heavy atom. The first kappa shape index (κ1) is 19.2. The molecule has 136 valence electrons. The van der Waals surface area contributed by atoms with Gasteiger partial charge in [-0.1, -0.05) is 12.1 Å². The molecule has 8 heteroatoms. The lowest BCUT2D eigenvalue weighted by molar-refractivity contribution is 0.0595. The predicted molar refractivity (Wildman–Crippen MR) is 103 cm³/mol. The van der Waals surface area contributed by atoms with Gasteiger partial charge in [-0.15, -0.1) is 0 Å². The summed E-state index contributed by atoms with van der Waals surface area (Å²) >= 11 is 4.69. The molecule has 26 heavy (non-hydrogen) atoms. The molecular weight excluding hydrogens is 354 g/mol. The SMILES string of the molecule is COC(=O)c1ccccc1OCc1cc(C=NNC(N)=S)ccc1OC. The number of nitrogens with two attached hydrogens (primary N) is 1. The second-order valence-electron chi connectivity index (χ2n) is 5.08. The molecule has 0 unspecified atom stereocenters. The maximum absolute atomic E-state index is 11.8. The van der Waals surface area contributed by atoms with Crippen molar-refractivity contribution in [3.8, 4) is 11.5 Å². The highest BCUT2D eigenvalue weighted by atomic mass is 32.1. The number of hydrogen-bond acceptors (Lipinski definition) is 6. The summed E-state index contributed by atoms with van der Waals surface area (Å²) in [5, 5.41) is 4.00. The van der Waals surface area contributed by atoms with Crippen LogP contribution in [-0.4, -0.2) is 31.5 Å². The Hall–Kier alpha value is -3.13. The van der Waals surface area contributed by atoms with Gasteiger partial charge in [-0.05, 0) is 48.1 Å². The van der Waals surface area contributed by atoms with Gasteiger partial charge in [0, 0.05) is 5.56 Å². The number of rotatable bonds is 7. The van der Waals surface area contributed by atoms with Crippen LogP contribution in [0.5, 0.6) is 11.5 Å². The van der Waals surface area contributed by atoms with E-state index in [1.54, 1.807) is 43.7 Å². The van der Waals surface area contributed by atoms with E-state index in [-0.39, 0.29) is 11.7 Å². The van der Waals surface area contributed by atoms with Crippen molar-refractivity contribution >= 4 is 29.5 Å². The summed E-state index contributed by atoms with van der Waals surface area (Å²) in [5.41, 5.74) is 9.75. The zero-order chi connectivity index (χ0) is 18.9. The van der Waals surface area contributed by atoms with Crippen molar-refractivity contribution in [1.29, 1.82) is 0 Å². The third-order valence-electron chi connectivity index (χ3n) is 3.37. The predicted octanol–water partition coefficient (Wildman–Crippen LogP) is 2.23. The van der Waals surface area contributed by atoms with Gasteiger partial charge >= 0.3 is 5.97 Å². The van der Waals surface area contributed by atoms with E-state index < -0.39 is 5.97 Å². The molecule has 0 saturated heterocycles. The number of nitrogens with zero attached hydrogens (tertiary/aromatic N) is 1. The van der Waals surface area contributed by atoms with Gasteiger partial charge in [-0.2, -0.15) is 5.10 Å². The molecule has 2 aromatic rings. The molecule has 0 aliphatic heterocycles. The van der Waals surface area contributed by atoms with E-state index in [9.17, 15) is 4.79 Å². The molecule has 0 aliphatic rings. The number of methoxy groups -OCH3 is 2. The van der Waals surface area contributed by atoms with Crippen molar-refractivity contribution in [3.05, 3.63) is 59.2 Å². The lowest BCUT2D eigenvalue weighted by Gasteiger charge is -2.13. The minimum atomic E-state index is -0.461. The van der Waals surface area contributed by atoms with E-state index in [0.717, 1.165) is 11.1 Å². The van der Waals surface area contributed by atoms with Gasteiger partial charge in [-0.25, -0.2) is 4.79 Å². The highest BCUT2D eigenvalue weighted by Gasteiger charge is 2.13. The molecule has 0 aliphatic carbocycles. The molecule has 0 spiro atoms. The Balaban J connectivity index is 2.19. The van der Waals surface area contributed by atoms with E-state index in [2.05, 4.69) is 10.5 Å². The maximum Gasteiger partial charge on any atom is 0.341 e. The molecule has 2 aromatic carbocycles. The number of ether oxygens (including phenoxy) is 3. The van der Waals surface area contributed by atoms with Crippen LogP contribution in [-0.2, 0) is 11.3 Å². The molecule has 0 aromatic heterocycles. The summed E-state index contributed by atoms with van der Waals surface area (Å²) in [6, 6.07) is 12.3. The van der Waals surface area contributed by atoms with Gasteiger partial charge in [-0.3, -0.25) is 5.43 Å². The molecule has 2 rings (SSSR count). The fourth-order valence-corrected chi connectivity index (χ4v) is 2.24. The zero-order valence-corrected chi connectivity index (χ0v) is 15.2. The van der Waals surface area contributed by atoms with Gasteiger partial charge in [0.05, 0.1) is 20.4 Å². The molecule has 0 amide bonds. The van der Waals surface area contributed by atoms with Gasteiger partial charge in [0.25, 0.3) is 0 Å². The molecule has 0 atom stereocenters. The van der Waals surface area contributed by atoms with Crippen LogP contribution < -0.4 is 20.6 Å². The molecule has 0 heterocycles. The quantitative estimate of drug-likeness (QED) is 0.333. The van der Waals surface area contributed by atoms with Crippen LogP contribution in [0.25, 0.3) is 0 Å². The highest BCUT2D eigenvalue weighted by Crippen LogP contribution is 2.24. The van der Waals surface area contributed by atoms with Crippen LogP contribution in [0, 0.1) is 0 Å². The monoisotopic (exact) mass is 373 g/mol. The van der Waals surface area contributed by atoms with E-state index >= 15 is 0 Å². The summed E-state index contributed by atoms with van der Waals surface area (Å²) in [7, 11) is 2.90. The van der Waals surface area contributed by atoms with Crippen molar-refractivity contribution in [3.63, 3.8) is 0 Å². The summed E-state index contributed by atoms with van der Waals surface area (Å²) in [5.74, 6) is 0.618. The molecule has 7 nitrogen and oxygen atoms in total. The first-order chi connectivity index (χ1) is 12.5. The minimum absolute atomic E-state index is 0.0812. The fourth-order valence-electron chi connectivity index (χ4n) is 2.19. The van der Waals surface area contributed by atoms with E-state index in [1.807, 2.05) is 12.1 Å². The summed E-state index contributed by atoms with van der Waals surface area (Å²) in [6.07, 6.45) is 1.57. The molecule has 3 N–H and O–H groups in total.